The zero-order valence-corrected chi connectivity index (χ0v) is 15.0. The number of benzene rings is 1. The standard InChI is InChI=1S/C20H22ClN3O/c21-15-2-1-13-4-8-25-20(17(13)9-15)5-7-23-12-14-11-22-24-6-3-16(19(14)24)18(23)10-20/h1-2,9,11,16,18H,3-8,10,12H2/t16?,18-,20-/m1/s1. The number of aryl methyl sites for hydroxylation is 1. The van der Waals surface area contributed by atoms with Crippen molar-refractivity contribution in [3.8, 4) is 0 Å². The molecule has 4 aliphatic rings. The Labute approximate surface area is 152 Å². The molecule has 2 aromatic rings. The Bertz CT molecular complexity index is 863. The van der Waals surface area contributed by atoms with Gasteiger partial charge in [0, 0.05) is 47.9 Å². The Morgan fingerprint density at radius 2 is 2.20 bits per heavy atom. The highest BCUT2D eigenvalue weighted by Crippen LogP contribution is 2.51. The van der Waals surface area contributed by atoms with Crippen LogP contribution in [0.1, 0.15) is 47.6 Å². The van der Waals surface area contributed by atoms with E-state index in [9.17, 15) is 0 Å². The molecule has 0 aliphatic carbocycles. The summed E-state index contributed by atoms with van der Waals surface area (Å²) in [5, 5.41) is 5.44. The van der Waals surface area contributed by atoms with Crippen LogP contribution in [0.15, 0.2) is 24.4 Å². The monoisotopic (exact) mass is 355 g/mol. The predicted octanol–water partition coefficient (Wildman–Crippen LogP) is 3.47. The van der Waals surface area contributed by atoms with Crippen LogP contribution in [0.4, 0.5) is 0 Å². The lowest BCUT2D eigenvalue weighted by atomic mass is 9.72. The number of aromatic nitrogens is 2. The summed E-state index contributed by atoms with van der Waals surface area (Å²) in [4.78, 5) is 2.68. The molecule has 4 aliphatic heterocycles. The minimum atomic E-state index is -0.148. The third-order valence-electron chi connectivity index (χ3n) is 6.92. The van der Waals surface area contributed by atoms with Gasteiger partial charge in [-0.1, -0.05) is 17.7 Å². The van der Waals surface area contributed by atoms with Crippen molar-refractivity contribution in [3.05, 3.63) is 51.8 Å². The first-order chi connectivity index (χ1) is 12.2. The number of halogens is 1. The van der Waals surface area contributed by atoms with E-state index in [1.165, 1.54) is 28.8 Å². The highest BCUT2D eigenvalue weighted by Gasteiger charge is 2.50. The van der Waals surface area contributed by atoms with Gasteiger partial charge in [-0.2, -0.15) is 5.10 Å². The summed E-state index contributed by atoms with van der Waals surface area (Å²) in [6.45, 7) is 4.04. The van der Waals surface area contributed by atoms with Crippen molar-refractivity contribution >= 4 is 11.6 Å². The molecule has 6 rings (SSSR count). The van der Waals surface area contributed by atoms with Gasteiger partial charge in [-0.3, -0.25) is 9.58 Å². The average molecular weight is 356 g/mol. The van der Waals surface area contributed by atoms with Crippen molar-refractivity contribution in [2.75, 3.05) is 13.2 Å². The zero-order valence-electron chi connectivity index (χ0n) is 14.2. The van der Waals surface area contributed by atoms with Gasteiger partial charge < -0.3 is 4.74 Å². The van der Waals surface area contributed by atoms with Crippen molar-refractivity contribution < 1.29 is 4.74 Å². The first kappa shape index (κ1) is 14.8. The van der Waals surface area contributed by atoms with Gasteiger partial charge in [0.25, 0.3) is 0 Å². The minimum Gasteiger partial charge on any atom is -0.370 e. The lowest BCUT2D eigenvalue weighted by Crippen LogP contribution is -2.54. The maximum absolute atomic E-state index is 6.51. The van der Waals surface area contributed by atoms with Crippen LogP contribution in [0.25, 0.3) is 0 Å². The van der Waals surface area contributed by atoms with Gasteiger partial charge in [0.1, 0.15) is 0 Å². The number of piperidine rings is 1. The quantitative estimate of drug-likeness (QED) is 0.725. The lowest BCUT2D eigenvalue weighted by Gasteiger charge is -2.52. The Balaban J connectivity index is 1.42. The maximum atomic E-state index is 6.51. The van der Waals surface area contributed by atoms with Gasteiger partial charge in [0.15, 0.2) is 0 Å². The van der Waals surface area contributed by atoms with Crippen LogP contribution in [0.5, 0.6) is 0 Å². The Hall–Kier alpha value is -1.36. The molecule has 1 saturated heterocycles. The number of rotatable bonds is 0. The molecule has 0 N–H and O–H groups in total. The minimum absolute atomic E-state index is 0.148. The average Bonchev–Trinajstić information content (AvgIpc) is 3.23. The summed E-state index contributed by atoms with van der Waals surface area (Å²) in [6, 6.07) is 6.96. The molecule has 1 spiro atoms. The molecular weight excluding hydrogens is 334 g/mol. The molecule has 1 fully saturated rings. The number of hydrogen-bond acceptors (Lipinski definition) is 3. The van der Waals surface area contributed by atoms with E-state index in [-0.39, 0.29) is 5.60 Å². The van der Waals surface area contributed by atoms with E-state index in [0.717, 1.165) is 50.5 Å². The molecule has 4 nitrogen and oxygen atoms in total. The topological polar surface area (TPSA) is 30.3 Å². The number of fused-ring (bicyclic) bond motifs is 4. The molecular formula is C20H22ClN3O. The number of hydrogen-bond donors (Lipinski definition) is 0. The van der Waals surface area contributed by atoms with Crippen LogP contribution < -0.4 is 0 Å². The van der Waals surface area contributed by atoms with Crippen LogP contribution in [0.3, 0.4) is 0 Å². The second-order valence-corrected chi connectivity index (χ2v) is 8.50. The van der Waals surface area contributed by atoms with E-state index >= 15 is 0 Å². The van der Waals surface area contributed by atoms with Gasteiger partial charge in [-0.25, -0.2) is 0 Å². The number of nitrogens with zero attached hydrogens (tertiary/aromatic N) is 3. The van der Waals surface area contributed by atoms with E-state index in [2.05, 4.69) is 33.0 Å². The second-order valence-electron chi connectivity index (χ2n) is 8.06. The SMILES string of the molecule is Clc1ccc2c(c1)[C@]1(CCN3Cc4cnn5c4C(CC5)[C@H]3C1)OCC2. The summed E-state index contributed by atoms with van der Waals surface area (Å²) in [6.07, 6.45) is 6.45. The third kappa shape index (κ3) is 1.99. The van der Waals surface area contributed by atoms with Crippen LogP contribution in [-0.4, -0.2) is 33.9 Å². The predicted molar refractivity (Wildman–Crippen MR) is 95.8 cm³/mol. The molecule has 1 aromatic heterocycles. The Morgan fingerprint density at radius 1 is 1.24 bits per heavy atom. The number of ether oxygens (including phenoxy) is 1. The van der Waals surface area contributed by atoms with E-state index in [1.54, 1.807) is 0 Å². The first-order valence-electron chi connectivity index (χ1n) is 9.45. The molecule has 0 bridgehead atoms. The molecule has 0 radical (unpaired) electrons. The fraction of sp³-hybridized carbons (Fsp3) is 0.550. The lowest BCUT2D eigenvalue weighted by molar-refractivity contribution is -0.121. The molecule has 0 saturated carbocycles. The van der Waals surface area contributed by atoms with Crippen molar-refractivity contribution in [3.63, 3.8) is 0 Å². The molecule has 25 heavy (non-hydrogen) atoms. The Kier molecular flexibility index (Phi) is 3.01. The third-order valence-corrected chi connectivity index (χ3v) is 7.16. The molecule has 1 unspecified atom stereocenters. The van der Waals surface area contributed by atoms with Gasteiger partial charge in [-0.05, 0) is 48.9 Å². The second kappa shape index (κ2) is 5.09. The largest absolute Gasteiger partial charge is 0.370 e. The van der Waals surface area contributed by atoms with Crippen molar-refractivity contribution in [2.45, 2.75) is 56.3 Å². The maximum Gasteiger partial charge on any atom is 0.0961 e. The summed E-state index contributed by atoms with van der Waals surface area (Å²) < 4.78 is 8.75. The highest BCUT2D eigenvalue weighted by molar-refractivity contribution is 6.30. The first-order valence-corrected chi connectivity index (χ1v) is 9.83. The van der Waals surface area contributed by atoms with Gasteiger partial charge >= 0.3 is 0 Å². The molecule has 130 valence electrons. The fourth-order valence-electron chi connectivity index (χ4n) is 5.81. The zero-order chi connectivity index (χ0) is 16.6. The van der Waals surface area contributed by atoms with E-state index < -0.39 is 0 Å². The summed E-state index contributed by atoms with van der Waals surface area (Å²) in [5.74, 6) is 0.608. The van der Waals surface area contributed by atoms with Gasteiger partial charge in [-0.15, -0.1) is 0 Å². The van der Waals surface area contributed by atoms with Crippen molar-refractivity contribution in [2.24, 2.45) is 0 Å². The van der Waals surface area contributed by atoms with Crippen molar-refractivity contribution in [1.29, 1.82) is 0 Å². The Morgan fingerprint density at radius 3 is 3.16 bits per heavy atom. The van der Waals surface area contributed by atoms with Crippen LogP contribution >= 0.6 is 11.6 Å². The summed E-state index contributed by atoms with van der Waals surface area (Å²) in [7, 11) is 0. The molecule has 0 amide bonds. The van der Waals surface area contributed by atoms with Crippen LogP contribution in [0, 0.1) is 0 Å². The van der Waals surface area contributed by atoms with Gasteiger partial charge in [0.05, 0.1) is 18.4 Å². The molecule has 5 heterocycles. The van der Waals surface area contributed by atoms with Crippen molar-refractivity contribution in [1.82, 2.24) is 14.7 Å². The van der Waals surface area contributed by atoms with E-state index in [4.69, 9.17) is 16.3 Å². The van der Waals surface area contributed by atoms with Gasteiger partial charge in [0.2, 0.25) is 0 Å². The molecule has 1 aromatic carbocycles. The van der Waals surface area contributed by atoms with E-state index in [0.29, 0.717) is 12.0 Å². The smallest absolute Gasteiger partial charge is 0.0961 e. The van der Waals surface area contributed by atoms with Crippen LogP contribution in [0.2, 0.25) is 5.02 Å². The fourth-order valence-corrected chi connectivity index (χ4v) is 5.98. The summed E-state index contributed by atoms with van der Waals surface area (Å²) in [5.41, 5.74) is 5.58. The molecule has 3 atom stereocenters. The highest BCUT2D eigenvalue weighted by atomic mass is 35.5. The molecule has 5 heteroatoms. The van der Waals surface area contributed by atoms with E-state index in [1.807, 2.05) is 6.07 Å². The van der Waals surface area contributed by atoms with Crippen LogP contribution in [-0.2, 0) is 29.8 Å². The normalized spacial score (nSPS) is 33.2. The summed E-state index contributed by atoms with van der Waals surface area (Å²) >= 11 is 6.36.